The molecule has 0 unspecified atom stereocenters. The van der Waals surface area contributed by atoms with Gasteiger partial charge in [0.05, 0.1) is 13.2 Å². The summed E-state index contributed by atoms with van der Waals surface area (Å²) in [6.45, 7) is 3.47. The smallest absolute Gasteiger partial charge is 0.0642 e. The Morgan fingerprint density at radius 3 is 2.75 bits per heavy atom. The minimum Gasteiger partial charge on any atom is -0.378 e. The van der Waals surface area contributed by atoms with Gasteiger partial charge >= 0.3 is 0 Å². The van der Waals surface area contributed by atoms with Crippen LogP contribution in [-0.2, 0) is 4.74 Å². The number of rotatable bonds is 1. The van der Waals surface area contributed by atoms with Crippen molar-refractivity contribution in [3.63, 3.8) is 0 Å². The topological polar surface area (TPSA) is 12.5 Å². The summed E-state index contributed by atoms with van der Waals surface area (Å²) in [5, 5.41) is 0. The third-order valence-corrected chi connectivity index (χ3v) is 1.56. The lowest BCUT2D eigenvalue weighted by Crippen LogP contribution is -2.31. The van der Waals surface area contributed by atoms with Gasteiger partial charge in [0.15, 0.2) is 0 Å². The Labute approximate surface area is 73.2 Å². The van der Waals surface area contributed by atoms with E-state index >= 15 is 0 Å². The number of nitrogens with zero attached hydrogens (tertiary/aromatic N) is 1. The normalized spacial score (nSPS) is 16.8. The Bertz CT molecular complexity index is 245. The molecule has 0 amide bonds. The first-order valence-electron chi connectivity index (χ1n) is 3.88. The van der Waals surface area contributed by atoms with Gasteiger partial charge in [0.25, 0.3) is 0 Å². The van der Waals surface area contributed by atoms with Crippen LogP contribution in [0.15, 0.2) is 12.3 Å². The monoisotopic (exact) mass is 161 g/mol. The summed E-state index contributed by atoms with van der Waals surface area (Å²) in [4.78, 5) is 2.16. The molecule has 1 fully saturated rings. The van der Waals surface area contributed by atoms with E-state index in [1.165, 1.54) is 0 Å². The molecule has 1 rings (SSSR count). The molecule has 62 valence electrons. The zero-order chi connectivity index (χ0) is 8.65. The molecule has 1 saturated heterocycles. The molecule has 0 atom stereocenters. The second-order valence-electron chi connectivity index (χ2n) is 2.38. The average molecular weight is 161 g/mol. The predicted molar refractivity (Wildman–Crippen MR) is 48.1 cm³/mol. The molecule has 0 bridgehead atoms. The Balaban J connectivity index is 2.29. The molecule has 0 aliphatic carbocycles. The summed E-state index contributed by atoms with van der Waals surface area (Å²) in [7, 11) is 0. The van der Waals surface area contributed by atoms with E-state index in [1.807, 2.05) is 6.20 Å². The van der Waals surface area contributed by atoms with Crippen LogP contribution < -0.4 is 0 Å². The third-order valence-electron chi connectivity index (χ3n) is 1.56. The Morgan fingerprint density at radius 2 is 2.08 bits per heavy atom. The summed E-state index contributed by atoms with van der Waals surface area (Å²) in [6, 6.07) is 0. The van der Waals surface area contributed by atoms with Crippen molar-refractivity contribution < 1.29 is 4.74 Å². The predicted octanol–water partition coefficient (Wildman–Crippen LogP) is 0.469. The average Bonchev–Trinajstić information content (AvgIpc) is 2.14. The van der Waals surface area contributed by atoms with E-state index in [0.717, 1.165) is 26.3 Å². The molecule has 0 saturated carbocycles. The SMILES string of the molecule is C#CC#C/C=C\N1CCOCC1. The van der Waals surface area contributed by atoms with Crippen molar-refractivity contribution >= 4 is 0 Å². The van der Waals surface area contributed by atoms with Crippen LogP contribution in [-0.4, -0.2) is 31.2 Å². The molecule has 1 aliphatic rings. The van der Waals surface area contributed by atoms with Crippen molar-refractivity contribution in [1.29, 1.82) is 0 Å². The minimum atomic E-state index is 0.799. The maximum atomic E-state index is 5.18. The summed E-state index contributed by atoms with van der Waals surface area (Å²) >= 11 is 0. The van der Waals surface area contributed by atoms with Crippen molar-refractivity contribution in [1.82, 2.24) is 4.90 Å². The minimum absolute atomic E-state index is 0.799. The van der Waals surface area contributed by atoms with E-state index < -0.39 is 0 Å². The van der Waals surface area contributed by atoms with Gasteiger partial charge in [-0.15, -0.1) is 6.42 Å². The van der Waals surface area contributed by atoms with Gasteiger partial charge in [-0.05, 0) is 11.8 Å². The summed E-state index contributed by atoms with van der Waals surface area (Å²) in [6.07, 6.45) is 8.68. The maximum absolute atomic E-state index is 5.18. The van der Waals surface area contributed by atoms with Gasteiger partial charge < -0.3 is 9.64 Å². The maximum Gasteiger partial charge on any atom is 0.0642 e. The largest absolute Gasteiger partial charge is 0.378 e. The van der Waals surface area contributed by atoms with Gasteiger partial charge in [0, 0.05) is 25.4 Å². The first-order valence-corrected chi connectivity index (χ1v) is 3.88. The standard InChI is InChI=1S/C10H11NO/c1-2-3-4-5-6-11-7-9-12-10-8-11/h1,5-6H,7-10H2/b6-5-. The van der Waals surface area contributed by atoms with Crippen LogP contribution in [0.3, 0.4) is 0 Å². The van der Waals surface area contributed by atoms with Gasteiger partial charge in [0.2, 0.25) is 0 Å². The Hall–Kier alpha value is -1.38. The van der Waals surface area contributed by atoms with Crippen LogP contribution in [0, 0.1) is 24.2 Å². The van der Waals surface area contributed by atoms with Crippen molar-refractivity contribution in [2.75, 3.05) is 26.3 Å². The van der Waals surface area contributed by atoms with Crippen molar-refractivity contribution in [3.05, 3.63) is 12.3 Å². The van der Waals surface area contributed by atoms with Crippen LogP contribution in [0.5, 0.6) is 0 Å². The summed E-state index contributed by atoms with van der Waals surface area (Å²) in [5.74, 6) is 7.50. The molecule has 0 aromatic rings. The number of hydrogen-bond donors (Lipinski definition) is 0. The zero-order valence-corrected chi connectivity index (χ0v) is 6.92. The van der Waals surface area contributed by atoms with Crippen molar-refractivity contribution in [3.8, 4) is 24.2 Å². The molecular weight excluding hydrogens is 150 g/mol. The molecule has 0 aromatic carbocycles. The highest BCUT2D eigenvalue weighted by Gasteiger charge is 2.03. The van der Waals surface area contributed by atoms with Crippen molar-refractivity contribution in [2.45, 2.75) is 0 Å². The van der Waals surface area contributed by atoms with Gasteiger partial charge in [-0.3, -0.25) is 0 Å². The van der Waals surface area contributed by atoms with Gasteiger partial charge in [0.1, 0.15) is 0 Å². The Kier molecular flexibility index (Phi) is 3.84. The number of terminal acetylenes is 1. The van der Waals surface area contributed by atoms with Gasteiger partial charge in [-0.1, -0.05) is 5.92 Å². The second-order valence-corrected chi connectivity index (χ2v) is 2.38. The zero-order valence-electron chi connectivity index (χ0n) is 6.92. The fourth-order valence-corrected chi connectivity index (χ4v) is 0.953. The number of hydrogen-bond acceptors (Lipinski definition) is 2. The fourth-order valence-electron chi connectivity index (χ4n) is 0.953. The van der Waals surface area contributed by atoms with Crippen LogP contribution in [0.2, 0.25) is 0 Å². The summed E-state index contributed by atoms with van der Waals surface area (Å²) < 4.78 is 5.18. The number of allylic oxidation sites excluding steroid dienone is 1. The lowest BCUT2D eigenvalue weighted by atomic mass is 10.4. The van der Waals surface area contributed by atoms with Gasteiger partial charge in [-0.25, -0.2) is 0 Å². The molecule has 0 N–H and O–H groups in total. The van der Waals surface area contributed by atoms with Crippen molar-refractivity contribution in [2.24, 2.45) is 0 Å². The van der Waals surface area contributed by atoms with E-state index in [2.05, 4.69) is 22.7 Å². The quantitative estimate of drug-likeness (QED) is 0.518. The molecule has 0 aromatic heterocycles. The first kappa shape index (κ1) is 8.71. The highest BCUT2D eigenvalue weighted by atomic mass is 16.5. The molecule has 2 heteroatoms. The van der Waals surface area contributed by atoms with Crippen LogP contribution in [0.1, 0.15) is 0 Å². The molecule has 2 nitrogen and oxygen atoms in total. The highest BCUT2D eigenvalue weighted by molar-refractivity contribution is 5.27. The van der Waals surface area contributed by atoms with Gasteiger partial charge in [-0.2, -0.15) is 0 Å². The molecule has 0 radical (unpaired) electrons. The van der Waals surface area contributed by atoms with E-state index in [1.54, 1.807) is 6.08 Å². The highest BCUT2D eigenvalue weighted by Crippen LogP contribution is 1.96. The molecule has 12 heavy (non-hydrogen) atoms. The van der Waals surface area contributed by atoms with E-state index in [0.29, 0.717) is 0 Å². The number of ether oxygens (including phenoxy) is 1. The van der Waals surface area contributed by atoms with E-state index in [4.69, 9.17) is 11.2 Å². The Morgan fingerprint density at radius 1 is 1.33 bits per heavy atom. The third kappa shape index (κ3) is 3.14. The summed E-state index contributed by atoms with van der Waals surface area (Å²) in [5.41, 5.74) is 0. The molecular formula is C10H11NO. The van der Waals surface area contributed by atoms with E-state index in [-0.39, 0.29) is 0 Å². The first-order chi connectivity index (χ1) is 5.93. The second kappa shape index (κ2) is 5.29. The molecule has 1 aliphatic heterocycles. The van der Waals surface area contributed by atoms with Crippen LogP contribution in [0.4, 0.5) is 0 Å². The molecule has 0 spiro atoms. The van der Waals surface area contributed by atoms with E-state index in [9.17, 15) is 0 Å². The van der Waals surface area contributed by atoms with Crippen LogP contribution >= 0.6 is 0 Å². The van der Waals surface area contributed by atoms with Crippen LogP contribution in [0.25, 0.3) is 0 Å². The fraction of sp³-hybridized carbons (Fsp3) is 0.400. The number of morpholine rings is 1. The molecule has 1 heterocycles. The lowest BCUT2D eigenvalue weighted by molar-refractivity contribution is 0.0594. The lowest BCUT2D eigenvalue weighted by Gasteiger charge is -2.24.